The summed E-state index contributed by atoms with van der Waals surface area (Å²) in [7, 11) is 0. The van der Waals surface area contributed by atoms with Crippen molar-refractivity contribution < 1.29 is 14.3 Å². The van der Waals surface area contributed by atoms with E-state index in [-0.39, 0.29) is 6.42 Å². The third kappa shape index (κ3) is 3.72. The van der Waals surface area contributed by atoms with Crippen molar-refractivity contribution in [1.29, 1.82) is 0 Å². The van der Waals surface area contributed by atoms with E-state index in [0.29, 0.717) is 10.4 Å². The molecule has 1 aliphatic heterocycles. The highest BCUT2D eigenvalue weighted by molar-refractivity contribution is 6.40. The normalized spacial score (nSPS) is 16.9. The fraction of sp³-hybridized carbons (Fsp3) is 0.250. The fourth-order valence-corrected chi connectivity index (χ4v) is 1.98. The van der Waals surface area contributed by atoms with Gasteiger partial charge in [0.1, 0.15) is 0 Å². The highest BCUT2D eigenvalue weighted by Gasteiger charge is 2.28. The molecule has 0 aliphatic carbocycles. The lowest BCUT2D eigenvalue weighted by molar-refractivity contribution is -0.508. The lowest BCUT2D eigenvalue weighted by atomic mass is 10.1. The number of hydrogen-bond acceptors (Lipinski definition) is 3. The Morgan fingerprint density at radius 2 is 1.95 bits per heavy atom. The first kappa shape index (κ1) is 14.8. The molecule has 1 N–H and O–H groups in total. The monoisotopic (exact) mass is 285 g/mol. The topological polar surface area (TPSA) is 66.2 Å². The molecule has 1 amide bonds. The minimum absolute atomic E-state index is 0.138. The average Bonchev–Trinajstić information content (AvgIpc) is 2.45. The van der Waals surface area contributed by atoms with Gasteiger partial charge in [-0.2, -0.15) is 0 Å². The number of allylic oxidation sites excluding steroid dienone is 2. The van der Waals surface area contributed by atoms with Crippen LogP contribution in [-0.4, -0.2) is 22.5 Å². The van der Waals surface area contributed by atoms with Gasteiger partial charge in [0.25, 0.3) is 5.91 Å². The number of ketones is 1. The molecule has 1 aromatic carbocycles. The summed E-state index contributed by atoms with van der Waals surface area (Å²) in [6.45, 7) is 3.90. The summed E-state index contributed by atoms with van der Waals surface area (Å²) in [4.78, 5) is 35.2. The van der Waals surface area contributed by atoms with Gasteiger partial charge < -0.3 is 5.32 Å². The third-order valence-corrected chi connectivity index (χ3v) is 3.42. The largest absolute Gasteiger partial charge is 0.319 e. The number of carbonyl (C=O) groups excluding carboxylic acids is 2. The number of nitrogens with one attached hydrogen (secondary N) is 1. The molecule has 0 saturated heterocycles. The van der Waals surface area contributed by atoms with Crippen molar-refractivity contribution in [3.63, 3.8) is 0 Å². The van der Waals surface area contributed by atoms with Crippen LogP contribution in [0.5, 0.6) is 0 Å². The van der Waals surface area contributed by atoms with Crippen LogP contribution in [0.3, 0.4) is 0 Å². The molecular formula is C16H17N2O3+. The molecule has 5 nitrogen and oxygen atoms in total. The van der Waals surface area contributed by atoms with Gasteiger partial charge in [-0.15, -0.1) is 0 Å². The summed E-state index contributed by atoms with van der Waals surface area (Å²) in [5, 5.41) is 2.56. The first-order chi connectivity index (χ1) is 9.97. The standard InChI is InChI=1S/C16H16N2O3/c1-11-6-7-13(9-12(11)2)17-16(20)15(19)10-14-5-3-4-8-18(14)21/h3-9,14H,10H2,1-2H3/p+1. The van der Waals surface area contributed by atoms with Gasteiger partial charge in [0.2, 0.25) is 18.0 Å². The average molecular weight is 285 g/mol. The van der Waals surface area contributed by atoms with Crippen molar-refractivity contribution >= 4 is 17.4 Å². The summed E-state index contributed by atoms with van der Waals surface area (Å²) in [6, 6.07) is 4.82. The number of amides is 1. The number of hydrogen-bond donors (Lipinski definition) is 1. The minimum atomic E-state index is -0.699. The van der Waals surface area contributed by atoms with Crippen molar-refractivity contribution in [2.45, 2.75) is 26.3 Å². The number of carbonyl (C=O) groups is 2. The Morgan fingerprint density at radius 3 is 2.62 bits per heavy atom. The smallest absolute Gasteiger partial charge is 0.292 e. The lowest BCUT2D eigenvalue weighted by Gasteiger charge is -2.08. The third-order valence-electron chi connectivity index (χ3n) is 3.42. The second kappa shape index (κ2) is 6.26. The van der Waals surface area contributed by atoms with Gasteiger partial charge in [-0.3, -0.25) is 9.59 Å². The molecule has 0 fully saturated rings. The molecule has 0 bridgehead atoms. The van der Waals surface area contributed by atoms with Gasteiger partial charge in [0.15, 0.2) is 0 Å². The summed E-state index contributed by atoms with van der Waals surface area (Å²) in [5.74, 6) is -1.31. The maximum Gasteiger partial charge on any atom is 0.292 e. The number of nitroso groups, excluding NO2 is 1. The van der Waals surface area contributed by atoms with Crippen molar-refractivity contribution in [2.75, 3.05) is 5.32 Å². The van der Waals surface area contributed by atoms with Crippen LogP contribution in [0.1, 0.15) is 17.5 Å². The Bertz CT molecular complexity index is 659. The molecule has 108 valence electrons. The summed E-state index contributed by atoms with van der Waals surface area (Å²) < 4.78 is 0.668. The number of rotatable bonds is 4. The van der Waals surface area contributed by atoms with Crippen molar-refractivity contribution in [1.82, 2.24) is 0 Å². The van der Waals surface area contributed by atoms with Crippen LogP contribution in [0.15, 0.2) is 42.6 Å². The fourth-order valence-electron chi connectivity index (χ4n) is 1.98. The molecule has 1 unspecified atom stereocenters. The van der Waals surface area contributed by atoms with Crippen LogP contribution in [0.2, 0.25) is 0 Å². The number of Topliss-reactive ketones (excluding diaryl/α,β-unsaturated/α-hetero) is 1. The van der Waals surface area contributed by atoms with Crippen molar-refractivity contribution in [2.24, 2.45) is 0 Å². The van der Waals surface area contributed by atoms with Crippen LogP contribution in [-0.2, 0) is 9.59 Å². The molecule has 0 saturated carbocycles. The Hall–Kier alpha value is -2.56. The second-order valence-electron chi connectivity index (χ2n) is 5.03. The first-order valence-electron chi connectivity index (χ1n) is 6.69. The molecular weight excluding hydrogens is 268 g/mol. The van der Waals surface area contributed by atoms with Gasteiger partial charge in [-0.1, -0.05) is 12.1 Å². The molecule has 21 heavy (non-hydrogen) atoms. The van der Waals surface area contributed by atoms with Crippen LogP contribution in [0, 0.1) is 18.8 Å². The van der Waals surface area contributed by atoms with E-state index in [1.54, 1.807) is 24.3 Å². The highest BCUT2D eigenvalue weighted by atomic mass is 16.3. The van der Waals surface area contributed by atoms with E-state index in [1.807, 2.05) is 26.0 Å². The van der Waals surface area contributed by atoms with Gasteiger partial charge in [-0.05, 0) is 43.2 Å². The lowest BCUT2D eigenvalue weighted by Crippen LogP contribution is -2.30. The first-order valence-corrected chi connectivity index (χ1v) is 6.69. The second-order valence-corrected chi connectivity index (χ2v) is 5.03. The van der Waals surface area contributed by atoms with Crippen molar-refractivity contribution in [3.05, 3.63) is 58.7 Å². The minimum Gasteiger partial charge on any atom is -0.319 e. The zero-order chi connectivity index (χ0) is 15.4. The summed E-state index contributed by atoms with van der Waals surface area (Å²) >= 11 is 0. The van der Waals surface area contributed by atoms with Crippen LogP contribution in [0.4, 0.5) is 5.69 Å². The Balaban J connectivity index is 1.98. The number of anilines is 1. The number of nitrogens with zero attached hydrogens (tertiary/aromatic N) is 1. The zero-order valence-corrected chi connectivity index (χ0v) is 12.0. The van der Waals surface area contributed by atoms with E-state index < -0.39 is 17.7 Å². The van der Waals surface area contributed by atoms with E-state index in [4.69, 9.17) is 0 Å². The van der Waals surface area contributed by atoms with Gasteiger partial charge in [0, 0.05) is 21.4 Å². The van der Waals surface area contributed by atoms with Gasteiger partial charge in [0.05, 0.1) is 6.42 Å². The van der Waals surface area contributed by atoms with Gasteiger partial charge >= 0.3 is 0 Å². The number of benzene rings is 1. The highest BCUT2D eigenvalue weighted by Crippen LogP contribution is 2.14. The van der Waals surface area contributed by atoms with E-state index in [1.165, 1.54) is 6.20 Å². The molecule has 1 aliphatic rings. The quantitative estimate of drug-likeness (QED) is 0.682. The molecule has 1 heterocycles. The molecule has 2 rings (SSSR count). The predicted molar refractivity (Wildman–Crippen MR) is 79.9 cm³/mol. The summed E-state index contributed by atoms with van der Waals surface area (Å²) in [6.07, 6.45) is 6.07. The van der Waals surface area contributed by atoms with Crippen LogP contribution < -0.4 is 5.32 Å². The Labute approximate surface area is 122 Å². The molecule has 0 radical (unpaired) electrons. The predicted octanol–water partition coefficient (Wildman–Crippen LogP) is 2.43. The zero-order valence-electron chi connectivity index (χ0n) is 12.0. The molecule has 5 heteroatoms. The molecule has 0 aromatic heterocycles. The Morgan fingerprint density at radius 1 is 1.19 bits per heavy atom. The Kier molecular flexibility index (Phi) is 4.42. The van der Waals surface area contributed by atoms with Crippen molar-refractivity contribution in [3.8, 4) is 0 Å². The van der Waals surface area contributed by atoms with E-state index in [0.717, 1.165) is 11.1 Å². The molecule has 1 atom stereocenters. The molecule has 1 aromatic rings. The van der Waals surface area contributed by atoms with E-state index >= 15 is 0 Å². The SMILES string of the molecule is Cc1ccc(NC(=O)C(=O)CC2C=CC=C[N+]2=O)cc1C. The van der Waals surface area contributed by atoms with Crippen LogP contribution in [0.25, 0.3) is 0 Å². The maximum atomic E-state index is 11.9. The van der Waals surface area contributed by atoms with E-state index in [9.17, 15) is 14.5 Å². The summed E-state index contributed by atoms with van der Waals surface area (Å²) in [5.41, 5.74) is 2.72. The van der Waals surface area contributed by atoms with E-state index in [2.05, 4.69) is 5.32 Å². The number of aryl methyl sites for hydroxylation is 2. The maximum absolute atomic E-state index is 11.9. The molecule has 0 spiro atoms. The van der Waals surface area contributed by atoms with Gasteiger partial charge in [-0.25, -0.2) is 0 Å². The van der Waals surface area contributed by atoms with Crippen LogP contribution >= 0.6 is 0 Å².